The van der Waals surface area contributed by atoms with Crippen molar-refractivity contribution in [1.82, 2.24) is 9.88 Å². The van der Waals surface area contributed by atoms with Crippen molar-refractivity contribution in [2.45, 2.75) is 70.5 Å². The summed E-state index contributed by atoms with van der Waals surface area (Å²) in [5.74, 6) is -0.280. The molecule has 1 saturated heterocycles. The first-order valence-electron chi connectivity index (χ1n) is 15.2. The molecule has 3 aromatic carbocycles. The van der Waals surface area contributed by atoms with Gasteiger partial charge in [0.2, 0.25) is 5.43 Å². The molecule has 3 aliphatic rings. The van der Waals surface area contributed by atoms with Crippen LogP contribution in [0.5, 0.6) is 11.5 Å². The first-order chi connectivity index (χ1) is 20.4. The summed E-state index contributed by atoms with van der Waals surface area (Å²) in [5, 5.41) is 5.15. The first-order valence-corrected chi connectivity index (χ1v) is 15.2. The van der Waals surface area contributed by atoms with Crippen LogP contribution in [-0.2, 0) is 0 Å². The fourth-order valence-electron chi connectivity index (χ4n) is 7.72. The van der Waals surface area contributed by atoms with Crippen LogP contribution in [0.3, 0.4) is 0 Å². The van der Waals surface area contributed by atoms with Crippen molar-refractivity contribution in [2.75, 3.05) is 18.0 Å². The number of hydrogen-bond acceptors (Lipinski definition) is 6. The molecule has 5 N–H and O–H groups in total. The van der Waals surface area contributed by atoms with Gasteiger partial charge >= 0.3 is 0 Å². The predicted molar refractivity (Wildman–Crippen MR) is 168 cm³/mol. The van der Waals surface area contributed by atoms with E-state index < -0.39 is 22.7 Å². The zero-order chi connectivity index (χ0) is 30.3. The van der Waals surface area contributed by atoms with Gasteiger partial charge in [0.15, 0.2) is 17.3 Å². The molecule has 1 aromatic heterocycles. The molecule has 4 aromatic rings. The van der Waals surface area contributed by atoms with Crippen LogP contribution in [0.25, 0.3) is 27.4 Å². The van der Waals surface area contributed by atoms with Crippen molar-refractivity contribution < 1.29 is 13.9 Å². The van der Waals surface area contributed by atoms with E-state index in [0.29, 0.717) is 36.5 Å². The summed E-state index contributed by atoms with van der Waals surface area (Å²) in [6.07, 6.45) is 5.49. The van der Waals surface area contributed by atoms with E-state index in [1.165, 1.54) is 6.07 Å². The lowest BCUT2D eigenvalue weighted by atomic mass is 9.65. The summed E-state index contributed by atoms with van der Waals surface area (Å²) in [7, 11) is 0. The molecule has 0 radical (unpaired) electrons. The highest BCUT2D eigenvalue weighted by atomic mass is 19.1. The summed E-state index contributed by atoms with van der Waals surface area (Å²) in [4.78, 5) is 29.7. The number of pyridine rings is 1. The van der Waals surface area contributed by atoms with E-state index >= 15 is 4.39 Å². The number of rotatable bonds is 4. The molecule has 8 nitrogen and oxygen atoms in total. The van der Waals surface area contributed by atoms with Gasteiger partial charge in [-0.25, -0.2) is 4.39 Å². The number of anilines is 1. The molecular formula is C34H38FN5O3. The number of nitrogens with two attached hydrogens (primary N) is 2. The number of carbonyl (C=O) groups is 1. The van der Waals surface area contributed by atoms with Gasteiger partial charge in [-0.1, -0.05) is 44.5 Å². The van der Waals surface area contributed by atoms with Gasteiger partial charge in [0.1, 0.15) is 16.8 Å². The third kappa shape index (κ3) is 4.66. The molecule has 2 fully saturated rings. The Morgan fingerprint density at radius 1 is 1.16 bits per heavy atom. The molecule has 2 unspecified atom stereocenters. The molecule has 9 heteroatoms. The molecule has 0 bridgehead atoms. The van der Waals surface area contributed by atoms with E-state index in [1.54, 1.807) is 6.20 Å². The largest absolute Gasteiger partial charge is 0.451 e. The van der Waals surface area contributed by atoms with Crippen molar-refractivity contribution in [2.24, 2.45) is 16.9 Å². The molecule has 1 amide bonds. The van der Waals surface area contributed by atoms with Crippen LogP contribution in [0, 0.1) is 11.2 Å². The topological polar surface area (TPSA) is 116 Å². The monoisotopic (exact) mass is 583 g/mol. The fraction of sp³-hybridized carbons (Fsp3) is 0.412. The fourth-order valence-corrected chi connectivity index (χ4v) is 7.72. The van der Waals surface area contributed by atoms with Crippen LogP contribution in [0.15, 0.2) is 53.5 Å². The van der Waals surface area contributed by atoms with Crippen molar-refractivity contribution in [3.63, 3.8) is 0 Å². The number of benzene rings is 3. The summed E-state index contributed by atoms with van der Waals surface area (Å²) >= 11 is 0. The van der Waals surface area contributed by atoms with Crippen LogP contribution < -0.4 is 31.8 Å². The molecule has 4 atom stereocenters. The second kappa shape index (κ2) is 9.79. The molecule has 2 aliphatic heterocycles. The van der Waals surface area contributed by atoms with E-state index in [0.717, 1.165) is 36.5 Å². The molecule has 43 heavy (non-hydrogen) atoms. The van der Waals surface area contributed by atoms with Crippen molar-refractivity contribution in [1.29, 1.82) is 0 Å². The number of amides is 1. The van der Waals surface area contributed by atoms with Gasteiger partial charge in [-0.15, -0.1) is 0 Å². The highest BCUT2D eigenvalue weighted by Gasteiger charge is 2.41. The number of aromatic nitrogens is 1. The maximum absolute atomic E-state index is 16.0. The quantitative estimate of drug-likeness (QED) is 0.263. The average molecular weight is 584 g/mol. The minimum atomic E-state index is -0.577. The Balaban J connectivity index is 1.40. The minimum absolute atomic E-state index is 0.0198. The van der Waals surface area contributed by atoms with Gasteiger partial charge in [0.25, 0.3) is 5.91 Å². The maximum Gasteiger partial charge on any atom is 0.257 e. The van der Waals surface area contributed by atoms with Crippen LogP contribution in [-0.4, -0.2) is 41.2 Å². The Kier molecular flexibility index (Phi) is 6.34. The Hall–Kier alpha value is -3.95. The van der Waals surface area contributed by atoms with E-state index in [1.807, 2.05) is 52.8 Å². The van der Waals surface area contributed by atoms with Crippen LogP contribution in [0.1, 0.15) is 63.2 Å². The summed E-state index contributed by atoms with van der Waals surface area (Å²) in [6, 6.07) is 12.7. The van der Waals surface area contributed by atoms with Gasteiger partial charge < -0.3 is 31.0 Å². The third-order valence-corrected chi connectivity index (χ3v) is 9.73. The molecule has 1 aliphatic carbocycles. The Labute approximate surface area is 249 Å². The summed E-state index contributed by atoms with van der Waals surface area (Å²) < 4.78 is 24.3. The lowest BCUT2D eigenvalue weighted by molar-refractivity contribution is 0.0804. The Bertz CT molecular complexity index is 1870. The summed E-state index contributed by atoms with van der Waals surface area (Å²) in [5.41, 5.74) is 13.2. The lowest BCUT2D eigenvalue weighted by Crippen LogP contribution is -2.54. The number of nitrogens with zero attached hydrogens (tertiary/aromatic N) is 2. The zero-order valence-corrected chi connectivity index (χ0v) is 24.9. The minimum Gasteiger partial charge on any atom is -0.451 e. The molecule has 1 saturated carbocycles. The van der Waals surface area contributed by atoms with Crippen LogP contribution in [0.4, 0.5) is 10.1 Å². The highest BCUT2D eigenvalue weighted by molar-refractivity contribution is 6.02. The standard InChI is InChI=1S/C34H38FN5O3/c1-4-33(2)14-22(15-34(3,37)18-33)38-32(42)24-17-40-26-11-19-7-5-6-8-20(19)12-27(26)43-31-28(40)23(30(24)41)13-25(35)29(31)39-10-9-21(36)16-39/h5-8,11-13,17,21-22H,4,9-10,14-16,18,36-37H2,1-3H3,(H,38,42)/t21-,22?,33-,34?/m1/s1. The highest BCUT2D eigenvalue weighted by Crippen LogP contribution is 2.48. The van der Waals surface area contributed by atoms with Crippen molar-refractivity contribution >= 4 is 33.3 Å². The van der Waals surface area contributed by atoms with E-state index in [4.69, 9.17) is 16.2 Å². The number of ether oxygens (including phenoxy) is 1. The Morgan fingerprint density at radius 2 is 1.91 bits per heavy atom. The Morgan fingerprint density at radius 3 is 2.60 bits per heavy atom. The second-order valence-corrected chi connectivity index (χ2v) is 13.5. The second-order valence-electron chi connectivity index (χ2n) is 13.5. The van der Waals surface area contributed by atoms with Gasteiger partial charge in [-0.2, -0.15) is 0 Å². The average Bonchev–Trinajstić information content (AvgIpc) is 3.37. The number of nitrogens with one attached hydrogen (secondary N) is 1. The van der Waals surface area contributed by atoms with Gasteiger partial charge in [0, 0.05) is 36.9 Å². The third-order valence-electron chi connectivity index (χ3n) is 9.73. The van der Waals surface area contributed by atoms with E-state index in [9.17, 15) is 9.59 Å². The maximum atomic E-state index is 16.0. The smallest absolute Gasteiger partial charge is 0.257 e. The SMILES string of the molecule is CC[C@]1(C)CC(NC(=O)c2cn3c4c(c(N5CC[C@@H](N)C5)c(F)cc4c2=O)Oc2cc4ccccc4cc2-3)CC(C)(N)C1. The molecule has 3 heterocycles. The van der Waals surface area contributed by atoms with Crippen LogP contribution in [0.2, 0.25) is 0 Å². The zero-order valence-electron chi connectivity index (χ0n) is 24.9. The first kappa shape index (κ1) is 27.9. The van der Waals surface area contributed by atoms with Crippen LogP contribution >= 0.6 is 0 Å². The predicted octanol–water partition coefficient (Wildman–Crippen LogP) is 5.34. The van der Waals surface area contributed by atoms with E-state index in [2.05, 4.69) is 19.2 Å². The van der Waals surface area contributed by atoms with Gasteiger partial charge in [-0.05, 0) is 67.0 Å². The van der Waals surface area contributed by atoms with Crippen molar-refractivity contribution in [3.8, 4) is 17.2 Å². The van der Waals surface area contributed by atoms with E-state index in [-0.39, 0.29) is 39.9 Å². The number of hydrogen-bond donors (Lipinski definition) is 3. The number of halogens is 1. The molecular weight excluding hydrogens is 545 g/mol. The molecule has 7 rings (SSSR count). The number of carbonyl (C=O) groups excluding carboxylic acids is 1. The molecule has 224 valence electrons. The van der Waals surface area contributed by atoms with Gasteiger partial charge in [-0.3, -0.25) is 9.59 Å². The lowest BCUT2D eigenvalue weighted by Gasteiger charge is -2.46. The normalized spacial score (nSPS) is 26.4. The van der Waals surface area contributed by atoms with Gasteiger partial charge in [0.05, 0.1) is 11.1 Å². The number of fused-ring (bicyclic) bond motifs is 3. The molecule has 0 spiro atoms. The summed E-state index contributed by atoms with van der Waals surface area (Å²) in [6.45, 7) is 7.41. The van der Waals surface area contributed by atoms with Crippen molar-refractivity contribution in [3.05, 3.63) is 70.3 Å².